The summed E-state index contributed by atoms with van der Waals surface area (Å²) >= 11 is 0. The third-order valence-electron chi connectivity index (χ3n) is 4.71. The molecule has 1 aliphatic heterocycles. The number of benzene rings is 1. The monoisotopic (exact) mass is 519 g/mol. The molecule has 2 rings (SSSR count). The van der Waals surface area contributed by atoms with Crippen LogP contribution in [0.15, 0.2) is 29.3 Å². The molecule has 6 nitrogen and oxygen atoms in total. The van der Waals surface area contributed by atoms with E-state index in [1.54, 1.807) is 7.05 Å². The fraction of sp³-hybridized carbons (Fsp3) is 0.682. The molecule has 0 spiro atoms. The van der Waals surface area contributed by atoms with Gasteiger partial charge in [0.15, 0.2) is 5.96 Å². The minimum absolute atomic E-state index is 0. The molecule has 0 bridgehead atoms. The number of guanidine groups is 1. The van der Waals surface area contributed by atoms with E-state index in [1.807, 2.05) is 0 Å². The molecule has 29 heavy (non-hydrogen) atoms. The highest BCUT2D eigenvalue weighted by atomic mass is 127. The normalized spacial score (nSPS) is 15.2. The highest BCUT2D eigenvalue weighted by Gasteiger charge is 2.14. The first kappa shape index (κ1) is 26.1. The summed E-state index contributed by atoms with van der Waals surface area (Å²) < 4.78 is 17.0. The Morgan fingerprint density at radius 1 is 1.17 bits per heavy atom. The number of nitrogens with one attached hydrogen (secondary N) is 2. The molecule has 0 aliphatic carbocycles. The zero-order valence-electron chi connectivity index (χ0n) is 18.1. The molecule has 1 saturated heterocycles. The Morgan fingerprint density at radius 3 is 2.66 bits per heavy atom. The smallest absolute Gasteiger partial charge is 0.191 e. The van der Waals surface area contributed by atoms with Crippen molar-refractivity contribution in [3.63, 3.8) is 0 Å². The van der Waals surface area contributed by atoms with Gasteiger partial charge in [0.05, 0.1) is 19.3 Å². The standard InChI is InChI=1S/C22H37N3O3.HI/c1-18(2)7-11-27-14-10-24-22(23-3)25-16-19-5-4-6-20(15-19)17-28-21-8-12-26-13-9-21;/h4-6,15,18,21H,7-14,16-17H2,1-3H3,(H2,23,24,25);1H. The summed E-state index contributed by atoms with van der Waals surface area (Å²) in [6.45, 7) is 9.65. The van der Waals surface area contributed by atoms with Crippen molar-refractivity contribution in [2.24, 2.45) is 10.9 Å². The van der Waals surface area contributed by atoms with E-state index in [0.717, 1.165) is 58.1 Å². The first-order chi connectivity index (χ1) is 13.7. The van der Waals surface area contributed by atoms with E-state index >= 15 is 0 Å². The molecular weight excluding hydrogens is 481 g/mol. The van der Waals surface area contributed by atoms with Crippen LogP contribution in [0.3, 0.4) is 0 Å². The Bertz CT molecular complexity index is 578. The van der Waals surface area contributed by atoms with Gasteiger partial charge in [0.1, 0.15) is 0 Å². The Labute approximate surface area is 193 Å². The summed E-state index contributed by atoms with van der Waals surface area (Å²) in [6.07, 6.45) is 3.40. The zero-order valence-corrected chi connectivity index (χ0v) is 20.4. The summed E-state index contributed by atoms with van der Waals surface area (Å²) in [5, 5.41) is 6.64. The third kappa shape index (κ3) is 11.8. The van der Waals surface area contributed by atoms with Gasteiger partial charge in [0.2, 0.25) is 0 Å². The molecule has 1 aliphatic rings. The summed E-state index contributed by atoms with van der Waals surface area (Å²) in [5.74, 6) is 1.47. The predicted molar refractivity (Wildman–Crippen MR) is 129 cm³/mol. The molecule has 1 aromatic rings. The molecule has 1 fully saturated rings. The van der Waals surface area contributed by atoms with Crippen molar-refractivity contribution in [1.29, 1.82) is 0 Å². The first-order valence-electron chi connectivity index (χ1n) is 10.5. The van der Waals surface area contributed by atoms with Crippen molar-refractivity contribution < 1.29 is 14.2 Å². The van der Waals surface area contributed by atoms with Gasteiger partial charge in [-0.1, -0.05) is 38.1 Å². The van der Waals surface area contributed by atoms with Crippen LogP contribution in [0, 0.1) is 5.92 Å². The van der Waals surface area contributed by atoms with Gasteiger partial charge in [-0.15, -0.1) is 24.0 Å². The van der Waals surface area contributed by atoms with Crippen LogP contribution in [0.25, 0.3) is 0 Å². The number of ether oxygens (including phenoxy) is 3. The van der Waals surface area contributed by atoms with Crippen molar-refractivity contribution in [1.82, 2.24) is 10.6 Å². The number of nitrogens with zero attached hydrogens (tertiary/aromatic N) is 1. The number of aliphatic imine (C=N–C) groups is 1. The van der Waals surface area contributed by atoms with Crippen molar-refractivity contribution >= 4 is 29.9 Å². The van der Waals surface area contributed by atoms with Crippen LogP contribution in [-0.2, 0) is 27.4 Å². The van der Waals surface area contributed by atoms with Gasteiger partial charge in [-0.3, -0.25) is 4.99 Å². The maximum Gasteiger partial charge on any atom is 0.191 e. The molecule has 0 unspecified atom stereocenters. The number of halogens is 1. The van der Waals surface area contributed by atoms with Crippen LogP contribution in [0.5, 0.6) is 0 Å². The van der Waals surface area contributed by atoms with Crippen LogP contribution in [0.4, 0.5) is 0 Å². The highest BCUT2D eigenvalue weighted by molar-refractivity contribution is 14.0. The van der Waals surface area contributed by atoms with Crippen LogP contribution < -0.4 is 10.6 Å². The van der Waals surface area contributed by atoms with E-state index in [1.165, 1.54) is 11.1 Å². The predicted octanol–water partition coefficient (Wildman–Crippen LogP) is 3.73. The second-order valence-corrected chi connectivity index (χ2v) is 7.59. The van der Waals surface area contributed by atoms with Gasteiger partial charge >= 0.3 is 0 Å². The molecule has 0 saturated carbocycles. The van der Waals surface area contributed by atoms with Gasteiger partial charge < -0.3 is 24.8 Å². The third-order valence-corrected chi connectivity index (χ3v) is 4.71. The molecule has 166 valence electrons. The zero-order chi connectivity index (χ0) is 20.0. The van der Waals surface area contributed by atoms with E-state index in [0.29, 0.717) is 25.2 Å². The Morgan fingerprint density at radius 2 is 1.93 bits per heavy atom. The fourth-order valence-corrected chi connectivity index (χ4v) is 2.96. The lowest BCUT2D eigenvalue weighted by molar-refractivity contribution is -0.0390. The van der Waals surface area contributed by atoms with Gasteiger partial charge in [-0.2, -0.15) is 0 Å². The van der Waals surface area contributed by atoms with E-state index in [4.69, 9.17) is 14.2 Å². The molecule has 0 amide bonds. The molecular formula is C22H38IN3O3. The number of hydrogen-bond donors (Lipinski definition) is 2. The van der Waals surface area contributed by atoms with Crippen molar-refractivity contribution in [2.45, 2.75) is 52.4 Å². The highest BCUT2D eigenvalue weighted by Crippen LogP contribution is 2.14. The summed E-state index contributed by atoms with van der Waals surface area (Å²) in [5.41, 5.74) is 2.41. The Hall–Kier alpha value is -0.900. The molecule has 1 aromatic carbocycles. The van der Waals surface area contributed by atoms with Crippen molar-refractivity contribution in [2.75, 3.05) is 40.0 Å². The molecule has 7 heteroatoms. The van der Waals surface area contributed by atoms with Crippen LogP contribution in [-0.4, -0.2) is 52.1 Å². The maximum absolute atomic E-state index is 6.02. The van der Waals surface area contributed by atoms with Gasteiger partial charge in [-0.05, 0) is 36.3 Å². The van der Waals surface area contributed by atoms with Gasteiger partial charge in [0, 0.05) is 40.0 Å². The van der Waals surface area contributed by atoms with Gasteiger partial charge in [-0.25, -0.2) is 0 Å². The molecule has 1 heterocycles. The largest absolute Gasteiger partial charge is 0.381 e. The molecule has 0 aromatic heterocycles. The lowest BCUT2D eigenvalue weighted by Crippen LogP contribution is -2.38. The summed E-state index contributed by atoms with van der Waals surface area (Å²) in [7, 11) is 1.78. The van der Waals surface area contributed by atoms with E-state index < -0.39 is 0 Å². The van der Waals surface area contributed by atoms with E-state index in [2.05, 4.69) is 53.7 Å². The number of hydrogen-bond acceptors (Lipinski definition) is 4. The lowest BCUT2D eigenvalue weighted by atomic mass is 10.1. The minimum Gasteiger partial charge on any atom is -0.381 e. The van der Waals surface area contributed by atoms with Gasteiger partial charge in [0.25, 0.3) is 0 Å². The fourth-order valence-electron chi connectivity index (χ4n) is 2.96. The van der Waals surface area contributed by atoms with Crippen LogP contribution in [0.2, 0.25) is 0 Å². The lowest BCUT2D eigenvalue weighted by Gasteiger charge is -2.22. The summed E-state index contributed by atoms with van der Waals surface area (Å²) in [4.78, 5) is 4.27. The average molecular weight is 519 g/mol. The van der Waals surface area contributed by atoms with Crippen LogP contribution >= 0.6 is 24.0 Å². The molecule has 0 atom stereocenters. The topological polar surface area (TPSA) is 64.1 Å². The average Bonchev–Trinajstić information content (AvgIpc) is 2.72. The summed E-state index contributed by atoms with van der Waals surface area (Å²) in [6, 6.07) is 8.50. The Balaban J connectivity index is 0.00000420. The second-order valence-electron chi connectivity index (χ2n) is 7.59. The van der Waals surface area contributed by atoms with Crippen LogP contribution in [0.1, 0.15) is 44.2 Å². The second kappa shape index (κ2) is 15.9. The Kier molecular flexibility index (Phi) is 14.3. The SMILES string of the molecule is CN=C(NCCOCCC(C)C)NCc1cccc(COC2CCOCC2)c1.I. The van der Waals surface area contributed by atoms with E-state index in [-0.39, 0.29) is 24.0 Å². The molecule has 2 N–H and O–H groups in total. The minimum atomic E-state index is 0. The quantitative estimate of drug-likeness (QED) is 0.202. The maximum atomic E-state index is 6.02. The van der Waals surface area contributed by atoms with Crippen molar-refractivity contribution in [3.05, 3.63) is 35.4 Å². The van der Waals surface area contributed by atoms with E-state index in [9.17, 15) is 0 Å². The number of rotatable bonds is 11. The first-order valence-corrected chi connectivity index (χ1v) is 10.5. The molecule has 0 radical (unpaired) electrons. The van der Waals surface area contributed by atoms with Crippen molar-refractivity contribution in [3.8, 4) is 0 Å².